The monoisotopic (exact) mass is 437 g/mol. The first kappa shape index (κ1) is 21.9. The Labute approximate surface area is 168 Å². The molecule has 2 heterocycles. The van der Waals surface area contributed by atoms with Crippen molar-refractivity contribution in [3.63, 3.8) is 0 Å². The zero-order chi connectivity index (χ0) is 20.4. The van der Waals surface area contributed by atoms with E-state index in [-0.39, 0.29) is 25.0 Å². The average molecular weight is 438 g/mol. The number of thiophene rings is 1. The molecule has 1 fully saturated rings. The second kappa shape index (κ2) is 8.34. The number of halogens is 1. The fourth-order valence-corrected chi connectivity index (χ4v) is 4.14. The zero-order valence-electron chi connectivity index (χ0n) is 15.6. The molecular formula is C16H24ClN3O5S2. The summed E-state index contributed by atoms with van der Waals surface area (Å²) in [6.07, 6.45) is 0.922. The van der Waals surface area contributed by atoms with Crippen LogP contribution < -0.4 is 10.0 Å². The molecule has 0 radical (unpaired) electrons. The fraction of sp³-hybridized carbons (Fsp3) is 0.625. The Bertz CT molecular complexity index is 803. The summed E-state index contributed by atoms with van der Waals surface area (Å²) < 4.78 is 31.2. The van der Waals surface area contributed by atoms with Gasteiger partial charge in [-0.1, -0.05) is 11.6 Å². The summed E-state index contributed by atoms with van der Waals surface area (Å²) in [5.74, 6) is -0.280. The molecule has 8 nitrogen and oxygen atoms in total. The van der Waals surface area contributed by atoms with E-state index >= 15 is 0 Å². The van der Waals surface area contributed by atoms with E-state index < -0.39 is 27.8 Å². The molecule has 1 saturated heterocycles. The molecule has 0 spiro atoms. The minimum atomic E-state index is -3.41. The van der Waals surface area contributed by atoms with Crippen LogP contribution >= 0.6 is 22.9 Å². The van der Waals surface area contributed by atoms with E-state index in [9.17, 15) is 18.0 Å². The van der Waals surface area contributed by atoms with Crippen molar-refractivity contribution in [3.05, 3.63) is 21.3 Å². The average Bonchev–Trinajstić information content (AvgIpc) is 3.09. The first-order valence-electron chi connectivity index (χ1n) is 8.34. The molecule has 2 rings (SSSR count). The summed E-state index contributed by atoms with van der Waals surface area (Å²) in [5, 5.41) is 2.87. The third kappa shape index (κ3) is 6.95. The van der Waals surface area contributed by atoms with Gasteiger partial charge >= 0.3 is 6.09 Å². The van der Waals surface area contributed by atoms with Crippen LogP contribution in [0.3, 0.4) is 0 Å². The Morgan fingerprint density at radius 1 is 1.37 bits per heavy atom. The second-order valence-electron chi connectivity index (χ2n) is 7.42. The molecule has 0 saturated carbocycles. The Morgan fingerprint density at radius 3 is 2.56 bits per heavy atom. The van der Waals surface area contributed by atoms with E-state index in [2.05, 4.69) is 10.0 Å². The van der Waals surface area contributed by atoms with Crippen LogP contribution in [0.5, 0.6) is 0 Å². The van der Waals surface area contributed by atoms with Gasteiger partial charge in [0.25, 0.3) is 5.91 Å². The van der Waals surface area contributed by atoms with Crippen LogP contribution in [0.1, 0.15) is 36.9 Å². The van der Waals surface area contributed by atoms with Crippen molar-refractivity contribution < 1.29 is 22.7 Å². The minimum absolute atomic E-state index is 0.0509. The molecule has 27 heavy (non-hydrogen) atoms. The number of carbonyl (C=O) groups excluding carboxylic acids is 2. The molecule has 152 valence electrons. The number of likely N-dealkylation sites (tertiary alicyclic amines) is 1. The number of rotatable bonds is 5. The van der Waals surface area contributed by atoms with Gasteiger partial charge in [0, 0.05) is 19.1 Å². The van der Waals surface area contributed by atoms with Gasteiger partial charge in [-0.2, -0.15) is 0 Å². The highest BCUT2D eigenvalue weighted by molar-refractivity contribution is 7.88. The van der Waals surface area contributed by atoms with Gasteiger partial charge in [-0.15, -0.1) is 11.3 Å². The van der Waals surface area contributed by atoms with Crippen molar-refractivity contribution in [1.82, 2.24) is 14.9 Å². The molecule has 0 aromatic carbocycles. The number of hydrogen-bond donors (Lipinski definition) is 2. The van der Waals surface area contributed by atoms with Crippen LogP contribution in [-0.4, -0.2) is 62.3 Å². The summed E-state index contributed by atoms with van der Waals surface area (Å²) in [6.45, 7) is 5.55. The maximum atomic E-state index is 12.5. The van der Waals surface area contributed by atoms with Gasteiger partial charge < -0.3 is 15.0 Å². The van der Waals surface area contributed by atoms with Crippen molar-refractivity contribution >= 4 is 45.0 Å². The van der Waals surface area contributed by atoms with Gasteiger partial charge in [0.2, 0.25) is 10.0 Å². The molecule has 0 aliphatic carbocycles. The van der Waals surface area contributed by atoms with E-state index in [1.807, 2.05) is 0 Å². The topological polar surface area (TPSA) is 105 Å². The fourth-order valence-electron chi connectivity index (χ4n) is 2.70. The Morgan fingerprint density at radius 2 is 2.04 bits per heavy atom. The number of nitrogens with one attached hydrogen (secondary N) is 2. The lowest BCUT2D eigenvalue weighted by Crippen LogP contribution is -2.45. The Balaban J connectivity index is 2.07. The Hall–Kier alpha value is -1.36. The molecule has 11 heteroatoms. The molecule has 1 aromatic heterocycles. The van der Waals surface area contributed by atoms with Gasteiger partial charge in [0.1, 0.15) is 5.60 Å². The van der Waals surface area contributed by atoms with Gasteiger partial charge in [0.05, 0.1) is 21.5 Å². The highest BCUT2D eigenvalue weighted by Crippen LogP contribution is 2.24. The predicted molar refractivity (Wildman–Crippen MR) is 105 cm³/mol. The third-order valence-electron chi connectivity index (χ3n) is 3.76. The number of carbonyl (C=O) groups is 2. The quantitative estimate of drug-likeness (QED) is 0.733. The first-order valence-corrected chi connectivity index (χ1v) is 11.4. The van der Waals surface area contributed by atoms with Crippen molar-refractivity contribution in [2.45, 2.75) is 44.9 Å². The second-order valence-corrected chi connectivity index (χ2v) is 11.0. The SMILES string of the molecule is CC(C)(C)OC(=O)N1C[C@H](NC(=O)c2ccc(Cl)s2)C[C@H]1CNS(C)(=O)=O. The molecule has 1 aromatic rings. The summed E-state index contributed by atoms with van der Waals surface area (Å²) in [7, 11) is -3.41. The van der Waals surface area contributed by atoms with Crippen LogP contribution in [0.15, 0.2) is 12.1 Å². The van der Waals surface area contributed by atoms with E-state index in [0.717, 1.165) is 6.26 Å². The normalized spacial score (nSPS) is 20.6. The van der Waals surface area contributed by atoms with E-state index in [1.54, 1.807) is 32.9 Å². The predicted octanol–water partition coefficient (Wildman–Crippen LogP) is 2.06. The Kier molecular flexibility index (Phi) is 6.77. The van der Waals surface area contributed by atoms with Crippen LogP contribution in [0.4, 0.5) is 4.79 Å². The molecule has 1 aliphatic heterocycles. The lowest BCUT2D eigenvalue weighted by molar-refractivity contribution is 0.0226. The first-order chi connectivity index (χ1) is 12.3. The smallest absolute Gasteiger partial charge is 0.410 e. The highest BCUT2D eigenvalue weighted by Gasteiger charge is 2.38. The van der Waals surface area contributed by atoms with Crippen LogP contribution in [0.25, 0.3) is 0 Å². The van der Waals surface area contributed by atoms with Crippen molar-refractivity contribution in [1.29, 1.82) is 0 Å². The molecular weight excluding hydrogens is 414 g/mol. The molecule has 0 bridgehead atoms. The number of hydrogen-bond acceptors (Lipinski definition) is 6. The molecule has 1 aliphatic rings. The van der Waals surface area contributed by atoms with E-state index in [1.165, 1.54) is 16.2 Å². The highest BCUT2D eigenvalue weighted by atomic mass is 35.5. The molecule has 2 amide bonds. The molecule has 2 N–H and O–H groups in total. The van der Waals surface area contributed by atoms with Gasteiger partial charge in [-0.05, 0) is 39.3 Å². The largest absolute Gasteiger partial charge is 0.444 e. The van der Waals surface area contributed by atoms with Gasteiger partial charge in [-0.3, -0.25) is 4.79 Å². The van der Waals surface area contributed by atoms with Crippen LogP contribution in [0, 0.1) is 0 Å². The van der Waals surface area contributed by atoms with Crippen molar-refractivity contribution in [2.75, 3.05) is 19.3 Å². The van der Waals surface area contributed by atoms with Crippen molar-refractivity contribution in [3.8, 4) is 0 Å². The van der Waals surface area contributed by atoms with Crippen molar-refractivity contribution in [2.24, 2.45) is 0 Å². The lowest BCUT2D eigenvalue weighted by atomic mass is 10.1. The summed E-state index contributed by atoms with van der Waals surface area (Å²) >= 11 is 7.02. The summed E-state index contributed by atoms with van der Waals surface area (Å²) in [5.41, 5.74) is -0.680. The van der Waals surface area contributed by atoms with Gasteiger partial charge in [0.15, 0.2) is 0 Å². The minimum Gasteiger partial charge on any atom is -0.444 e. The van der Waals surface area contributed by atoms with Crippen LogP contribution in [-0.2, 0) is 14.8 Å². The summed E-state index contributed by atoms with van der Waals surface area (Å²) in [6, 6.07) is 2.52. The van der Waals surface area contributed by atoms with Crippen LogP contribution in [0.2, 0.25) is 4.34 Å². The lowest BCUT2D eigenvalue weighted by Gasteiger charge is -2.28. The maximum absolute atomic E-state index is 12.5. The number of ether oxygens (including phenoxy) is 1. The van der Waals surface area contributed by atoms with E-state index in [0.29, 0.717) is 15.6 Å². The zero-order valence-corrected chi connectivity index (χ0v) is 18.0. The molecule has 2 atom stereocenters. The summed E-state index contributed by atoms with van der Waals surface area (Å²) in [4.78, 5) is 26.8. The third-order valence-corrected chi connectivity index (χ3v) is 5.68. The van der Waals surface area contributed by atoms with E-state index in [4.69, 9.17) is 16.3 Å². The number of sulfonamides is 1. The number of nitrogens with zero attached hydrogens (tertiary/aromatic N) is 1. The standard InChI is InChI=1S/C16H24ClN3O5S2/c1-16(2,3)25-15(22)20-9-10(7-11(20)8-18-27(4,23)24)19-14(21)12-5-6-13(17)26-12/h5-6,10-11,18H,7-9H2,1-4H3,(H,19,21)/t10-,11+/m1/s1. The maximum Gasteiger partial charge on any atom is 0.410 e. The molecule has 0 unspecified atom stereocenters. The van der Waals surface area contributed by atoms with Gasteiger partial charge in [-0.25, -0.2) is 17.9 Å². The number of amides is 2.